The van der Waals surface area contributed by atoms with E-state index in [9.17, 15) is 19.7 Å². The molecule has 1 fully saturated rings. The van der Waals surface area contributed by atoms with Crippen LogP contribution in [0.25, 0.3) is 0 Å². The van der Waals surface area contributed by atoms with E-state index in [0.717, 1.165) is 29.7 Å². The maximum absolute atomic E-state index is 11.5. The number of aromatic carboxylic acids is 1. The Balaban J connectivity index is 2.16. The van der Waals surface area contributed by atoms with Crippen LogP contribution in [0.2, 0.25) is 0 Å². The molecule has 0 unspecified atom stereocenters. The van der Waals surface area contributed by atoms with E-state index in [4.69, 9.17) is 5.11 Å². The Morgan fingerprint density at radius 3 is 2.72 bits per heavy atom. The summed E-state index contributed by atoms with van der Waals surface area (Å²) in [6.45, 7) is -0.230. The van der Waals surface area contributed by atoms with E-state index in [2.05, 4.69) is 5.32 Å². The average Bonchev–Trinajstić information content (AvgIpc) is 2.95. The van der Waals surface area contributed by atoms with Crippen LogP contribution >= 0.6 is 0 Å². The SMILES string of the molecule is O=C(Cn1cc([N+](=O)[O-])cc1C(=O)O)NC1CC1. The molecule has 1 saturated carbocycles. The number of nitrogens with one attached hydrogen (secondary N) is 1. The molecule has 1 heterocycles. The van der Waals surface area contributed by atoms with Crippen LogP contribution in [0.4, 0.5) is 5.69 Å². The summed E-state index contributed by atoms with van der Waals surface area (Å²) in [6.07, 6.45) is 2.89. The first-order chi connectivity index (χ1) is 8.47. The fourth-order valence-corrected chi connectivity index (χ4v) is 1.56. The molecular formula is C10H11N3O5. The van der Waals surface area contributed by atoms with Crippen molar-refractivity contribution >= 4 is 17.6 Å². The van der Waals surface area contributed by atoms with E-state index in [1.54, 1.807) is 0 Å². The minimum Gasteiger partial charge on any atom is -0.477 e. The fourth-order valence-electron chi connectivity index (χ4n) is 1.56. The van der Waals surface area contributed by atoms with Gasteiger partial charge in [-0.05, 0) is 12.8 Å². The molecule has 0 spiro atoms. The number of carboxylic acids is 1. The van der Waals surface area contributed by atoms with Crippen LogP contribution in [-0.4, -0.2) is 32.5 Å². The van der Waals surface area contributed by atoms with Gasteiger partial charge in [0.2, 0.25) is 5.91 Å². The monoisotopic (exact) mass is 253 g/mol. The number of nitro groups is 1. The molecule has 1 aliphatic rings. The zero-order valence-electron chi connectivity index (χ0n) is 9.33. The van der Waals surface area contributed by atoms with Crippen molar-refractivity contribution in [3.63, 3.8) is 0 Å². The predicted octanol–water partition coefficient (Wildman–Crippen LogP) is 0.373. The Bertz CT molecular complexity index is 518. The van der Waals surface area contributed by atoms with Crippen molar-refractivity contribution in [1.82, 2.24) is 9.88 Å². The number of carboxylic acid groups (broad SMARTS) is 1. The molecule has 0 saturated heterocycles. The van der Waals surface area contributed by atoms with Crippen molar-refractivity contribution in [2.24, 2.45) is 0 Å². The number of amides is 1. The maximum atomic E-state index is 11.5. The largest absolute Gasteiger partial charge is 0.477 e. The third kappa shape index (κ3) is 2.65. The maximum Gasteiger partial charge on any atom is 0.352 e. The molecule has 8 heteroatoms. The quantitative estimate of drug-likeness (QED) is 0.581. The highest BCUT2D eigenvalue weighted by molar-refractivity contribution is 5.88. The van der Waals surface area contributed by atoms with E-state index in [1.165, 1.54) is 0 Å². The minimum absolute atomic E-state index is 0.163. The first-order valence-corrected chi connectivity index (χ1v) is 5.34. The molecule has 1 amide bonds. The smallest absolute Gasteiger partial charge is 0.352 e. The molecule has 1 aliphatic carbocycles. The molecule has 18 heavy (non-hydrogen) atoms. The summed E-state index contributed by atoms with van der Waals surface area (Å²) >= 11 is 0. The number of nitrogens with zero attached hydrogens (tertiary/aromatic N) is 2. The number of aromatic nitrogens is 1. The summed E-state index contributed by atoms with van der Waals surface area (Å²) in [7, 11) is 0. The van der Waals surface area contributed by atoms with Crippen molar-refractivity contribution < 1.29 is 19.6 Å². The Hall–Kier alpha value is -2.38. The van der Waals surface area contributed by atoms with Crippen LogP contribution in [0.1, 0.15) is 23.3 Å². The third-order valence-electron chi connectivity index (χ3n) is 2.57. The van der Waals surface area contributed by atoms with Crippen LogP contribution in [0.15, 0.2) is 12.3 Å². The van der Waals surface area contributed by atoms with Crippen molar-refractivity contribution in [2.45, 2.75) is 25.4 Å². The van der Waals surface area contributed by atoms with Crippen LogP contribution in [0.5, 0.6) is 0 Å². The molecule has 0 aromatic carbocycles. The Kier molecular flexibility index (Phi) is 3.00. The van der Waals surface area contributed by atoms with E-state index < -0.39 is 10.9 Å². The molecule has 0 radical (unpaired) electrons. The number of hydrogen-bond acceptors (Lipinski definition) is 4. The number of rotatable bonds is 5. The molecule has 0 bridgehead atoms. The first kappa shape index (κ1) is 12.1. The zero-order chi connectivity index (χ0) is 13.3. The molecule has 0 aliphatic heterocycles. The normalized spacial score (nSPS) is 14.2. The zero-order valence-corrected chi connectivity index (χ0v) is 9.33. The Morgan fingerprint density at radius 1 is 1.56 bits per heavy atom. The lowest BCUT2D eigenvalue weighted by molar-refractivity contribution is -0.384. The van der Waals surface area contributed by atoms with Gasteiger partial charge in [-0.1, -0.05) is 0 Å². The van der Waals surface area contributed by atoms with E-state index in [-0.39, 0.29) is 29.9 Å². The van der Waals surface area contributed by atoms with Gasteiger partial charge in [-0.3, -0.25) is 14.9 Å². The lowest BCUT2D eigenvalue weighted by Gasteiger charge is -2.05. The van der Waals surface area contributed by atoms with Gasteiger partial charge in [-0.15, -0.1) is 0 Å². The highest BCUT2D eigenvalue weighted by atomic mass is 16.6. The topological polar surface area (TPSA) is 114 Å². The Labute approximate surface area is 101 Å². The second kappa shape index (κ2) is 4.47. The lowest BCUT2D eigenvalue weighted by atomic mass is 10.4. The van der Waals surface area contributed by atoms with Gasteiger partial charge >= 0.3 is 5.97 Å². The Morgan fingerprint density at radius 2 is 2.22 bits per heavy atom. The van der Waals surface area contributed by atoms with Gasteiger partial charge in [-0.25, -0.2) is 4.79 Å². The van der Waals surface area contributed by atoms with Gasteiger partial charge in [0.25, 0.3) is 5.69 Å². The van der Waals surface area contributed by atoms with Crippen LogP contribution in [0, 0.1) is 10.1 Å². The molecule has 1 aromatic heterocycles. The van der Waals surface area contributed by atoms with Crippen molar-refractivity contribution in [1.29, 1.82) is 0 Å². The van der Waals surface area contributed by atoms with E-state index in [0.29, 0.717) is 0 Å². The lowest BCUT2D eigenvalue weighted by Crippen LogP contribution is -2.30. The molecule has 1 aromatic rings. The number of carbonyl (C=O) groups is 2. The standard InChI is InChI=1S/C10H11N3O5/c14-9(11-6-1-2-6)5-12-4-7(13(17)18)3-8(12)10(15)16/h3-4,6H,1-2,5H2,(H,11,14)(H,15,16). The molecule has 2 rings (SSSR count). The van der Waals surface area contributed by atoms with Crippen LogP contribution < -0.4 is 5.32 Å². The van der Waals surface area contributed by atoms with E-state index in [1.807, 2.05) is 0 Å². The van der Waals surface area contributed by atoms with Gasteiger partial charge in [0.1, 0.15) is 12.2 Å². The number of hydrogen-bond donors (Lipinski definition) is 2. The molecule has 0 atom stereocenters. The third-order valence-corrected chi connectivity index (χ3v) is 2.57. The van der Waals surface area contributed by atoms with E-state index >= 15 is 0 Å². The van der Waals surface area contributed by atoms with Gasteiger partial charge < -0.3 is 15.0 Å². The van der Waals surface area contributed by atoms with Gasteiger partial charge in [-0.2, -0.15) is 0 Å². The van der Waals surface area contributed by atoms with Crippen LogP contribution in [0.3, 0.4) is 0 Å². The predicted molar refractivity (Wildman–Crippen MR) is 59.2 cm³/mol. The summed E-state index contributed by atoms with van der Waals surface area (Å²) in [5, 5.41) is 22.1. The summed E-state index contributed by atoms with van der Waals surface area (Å²) in [4.78, 5) is 32.3. The number of carbonyl (C=O) groups excluding carboxylic acids is 1. The molecule has 96 valence electrons. The summed E-state index contributed by atoms with van der Waals surface area (Å²) in [5.41, 5.74) is -0.612. The average molecular weight is 253 g/mol. The minimum atomic E-state index is -1.30. The molecule has 2 N–H and O–H groups in total. The highest BCUT2D eigenvalue weighted by Gasteiger charge is 2.25. The first-order valence-electron chi connectivity index (χ1n) is 5.34. The van der Waals surface area contributed by atoms with Crippen LogP contribution in [-0.2, 0) is 11.3 Å². The summed E-state index contributed by atoms with van der Waals surface area (Å²) in [5.74, 6) is -1.65. The molecule has 8 nitrogen and oxygen atoms in total. The van der Waals surface area contributed by atoms with Gasteiger partial charge in [0.15, 0.2) is 0 Å². The highest BCUT2D eigenvalue weighted by Crippen LogP contribution is 2.19. The van der Waals surface area contributed by atoms with Gasteiger partial charge in [0.05, 0.1) is 11.1 Å². The second-order valence-electron chi connectivity index (χ2n) is 4.12. The van der Waals surface area contributed by atoms with Crippen molar-refractivity contribution in [2.75, 3.05) is 0 Å². The fraction of sp³-hybridized carbons (Fsp3) is 0.400. The second-order valence-corrected chi connectivity index (χ2v) is 4.12. The summed E-state index contributed by atoms with van der Waals surface area (Å²) in [6, 6.07) is 1.10. The van der Waals surface area contributed by atoms with Crippen molar-refractivity contribution in [3.8, 4) is 0 Å². The molecular weight excluding hydrogens is 242 g/mol. The van der Waals surface area contributed by atoms with Gasteiger partial charge in [0, 0.05) is 12.1 Å². The van der Waals surface area contributed by atoms with Crippen molar-refractivity contribution in [3.05, 3.63) is 28.1 Å². The summed E-state index contributed by atoms with van der Waals surface area (Å²) < 4.78 is 1.07.